The Morgan fingerprint density at radius 3 is 2.52 bits per heavy atom. The van der Waals surface area contributed by atoms with Gasteiger partial charge in [0, 0.05) is 25.7 Å². The molecule has 2 aromatic rings. The highest BCUT2D eigenvalue weighted by Crippen LogP contribution is 2.29. The van der Waals surface area contributed by atoms with Crippen molar-refractivity contribution in [3.63, 3.8) is 0 Å². The summed E-state index contributed by atoms with van der Waals surface area (Å²) in [6, 6.07) is 12.8. The molecular formula is C18H20N2O4S. The lowest BCUT2D eigenvalue weighted by Gasteiger charge is -2.43. The highest BCUT2D eigenvalue weighted by atomic mass is 32.2. The van der Waals surface area contributed by atoms with Gasteiger partial charge in [-0.3, -0.25) is 9.69 Å². The van der Waals surface area contributed by atoms with E-state index in [-0.39, 0.29) is 35.3 Å². The molecule has 7 heteroatoms. The number of benzene rings is 1. The molecule has 132 valence electrons. The minimum absolute atomic E-state index is 0.0232. The number of piperazine rings is 1. The summed E-state index contributed by atoms with van der Waals surface area (Å²) < 4.78 is 29.7. The number of carbonyl (C=O) groups is 1. The first-order valence-electron chi connectivity index (χ1n) is 8.36. The summed E-state index contributed by atoms with van der Waals surface area (Å²) in [5, 5.41) is 0. The van der Waals surface area contributed by atoms with Crippen molar-refractivity contribution in [3.8, 4) is 0 Å². The maximum absolute atomic E-state index is 12.7. The summed E-state index contributed by atoms with van der Waals surface area (Å²) in [6.07, 6.45) is 1.46. The minimum Gasteiger partial charge on any atom is -0.459 e. The van der Waals surface area contributed by atoms with E-state index < -0.39 is 9.84 Å². The van der Waals surface area contributed by atoms with E-state index in [1.807, 2.05) is 30.3 Å². The molecule has 1 aromatic carbocycles. The van der Waals surface area contributed by atoms with Crippen molar-refractivity contribution in [1.29, 1.82) is 0 Å². The largest absolute Gasteiger partial charge is 0.459 e. The molecule has 0 N–H and O–H groups in total. The molecule has 0 saturated carbocycles. The van der Waals surface area contributed by atoms with Crippen LogP contribution in [0.2, 0.25) is 0 Å². The Labute approximate surface area is 146 Å². The molecule has 4 rings (SSSR count). The molecule has 25 heavy (non-hydrogen) atoms. The SMILES string of the molecule is O=C(c1ccco1)N1CCN(Cc2ccccc2)[C@@H]2CS(=O)(=O)C[C@@H]21. The van der Waals surface area contributed by atoms with Crippen LogP contribution in [0.15, 0.2) is 53.1 Å². The van der Waals surface area contributed by atoms with Gasteiger partial charge in [-0.15, -0.1) is 0 Å². The molecular weight excluding hydrogens is 340 g/mol. The first-order valence-corrected chi connectivity index (χ1v) is 10.2. The zero-order valence-corrected chi connectivity index (χ0v) is 14.6. The Morgan fingerprint density at radius 2 is 1.80 bits per heavy atom. The lowest BCUT2D eigenvalue weighted by molar-refractivity contribution is 0.0282. The summed E-state index contributed by atoms with van der Waals surface area (Å²) in [6.45, 7) is 1.85. The zero-order chi connectivity index (χ0) is 17.4. The number of sulfone groups is 1. The zero-order valence-electron chi connectivity index (χ0n) is 13.7. The molecule has 0 aliphatic carbocycles. The van der Waals surface area contributed by atoms with Gasteiger partial charge < -0.3 is 9.32 Å². The number of fused-ring (bicyclic) bond motifs is 1. The van der Waals surface area contributed by atoms with Crippen LogP contribution in [-0.2, 0) is 16.4 Å². The van der Waals surface area contributed by atoms with Gasteiger partial charge in [-0.1, -0.05) is 30.3 Å². The maximum atomic E-state index is 12.7. The monoisotopic (exact) mass is 360 g/mol. The molecule has 2 saturated heterocycles. The van der Waals surface area contributed by atoms with E-state index in [2.05, 4.69) is 4.90 Å². The second kappa shape index (κ2) is 6.31. The van der Waals surface area contributed by atoms with E-state index in [0.29, 0.717) is 19.6 Å². The normalized spacial score (nSPS) is 25.7. The molecule has 1 amide bonds. The molecule has 2 aliphatic heterocycles. The third kappa shape index (κ3) is 3.21. The second-order valence-corrected chi connectivity index (χ2v) is 8.80. The first-order chi connectivity index (χ1) is 12.0. The van der Waals surface area contributed by atoms with E-state index in [4.69, 9.17) is 4.42 Å². The Balaban J connectivity index is 1.59. The fourth-order valence-electron chi connectivity index (χ4n) is 3.83. The molecule has 2 fully saturated rings. The number of amides is 1. The van der Waals surface area contributed by atoms with Crippen molar-refractivity contribution in [1.82, 2.24) is 9.80 Å². The fourth-order valence-corrected chi connectivity index (χ4v) is 5.84. The van der Waals surface area contributed by atoms with Gasteiger partial charge in [0.25, 0.3) is 5.91 Å². The average molecular weight is 360 g/mol. The van der Waals surface area contributed by atoms with E-state index in [1.165, 1.54) is 6.26 Å². The predicted molar refractivity (Wildman–Crippen MR) is 92.8 cm³/mol. The van der Waals surface area contributed by atoms with Crippen LogP contribution in [0, 0.1) is 0 Å². The minimum atomic E-state index is -3.16. The molecule has 0 bridgehead atoms. The smallest absolute Gasteiger partial charge is 0.289 e. The van der Waals surface area contributed by atoms with Crippen LogP contribution in [0.5, 0.6) is 0 Å². The van der Waals surface area contributed by atoms with Crippen molar-refractivity contribution in [3.05, 3.63) is 60.1 Å². The molecule has 2 aliphatic rings. The van der Waals surface area contributed by atoms with Crippen molar-refractivity contribution < 1.29 is 17.6 Å². The quantitative estimate of drug-likeness (QED) is 0.828. The molecule has 6 nitrogen and oxygen atoms in total. The fraction of sp³-hybridized carbons (Fsp3) is 0.389. The van der Waals surface area contributed by atoms with Gasteiger partial charge in [-0.25, -0.2) is 8.42 Å². The molecule has 3 heterocycles. The van der Waals surface area contributed by atoms with Crippen LogP contribution in [-0.4, -0.2) is 60.8 Å². The Bertz CT molecular complexity index is 848. The summed E-state index contributed by atoms with van der Waals surface area (Å²) >= 11 is 0. The van der Waals surface area contributed by atoms with Crippen LogP contribution in [0.3, 0.4) is 0 Å². The summed E-state index contributed by atoms with van der Waals surface area (Å²) in [7, 11) is -3.16. The highest BCUT2D eigenvalue weighted by Gasteiger charge is 2.48. The average Bonchev–Trinajstić information content (AvgIpc) is 3.22. The highest BCUT2D eigenvalue weighted by molar-refractivity contribution is 7.91. The number of nitrogens with zero attached hydrogens (tertiary/aromatic N) is 2. The lowest BCUT2D eigenvalue weighted by atomic mass is 10.0. The van der Waals surface area contributed by atoms with Gasteiger partial charge in [0.05, 0.1) is 23.8 Å². The maximum Gasteiger partial charge on any atom is 0.289 e. The number of furan rings is 1. The van der Waals surface area contributed by atoms with Crippen LogP contribution < -0.4 is 0 Å². The van der Waals surface area contributed by atoms with Crippen molar-refractivity contribution in [2.45, 2.75) is 18.6 Å². The number of carbonyl (C=O) groups excluding carboxylic acids is 1. The van der Waals surface area contributed by atoms with E-state index in [9.17, 15) is 13.2 Å². The Hall–Kier alpha value is -2.12. The summed E-state index contributed by atoms with van der Waals surface area (Å²) in [5.41, 5.74) is 1.15. The van der Waals surface area contributed by atoms with Crippen LogP contribution in [0.1, 0.15) is 16.1 Å². The van der Waals surface area contributed by atoms with Crippen LogP contribution >= 0.6 is 0 Å². The number of rotatable bonds is 3. The summed E-state index contributed by atoms with van der Waals surface area (Å²) in [5.74, 6) is 0.165. The van der Waals surface area contributed by atoms with Crippen molar-refractivity contribution in [2.75, 3.05) is 24.6 Å². The topological polar surface area (TPSA) is 70.8 Å². The number of hydrogen-bond donors (Lipinski definition) is 0. The van der Waals surface area contributed by atoms with Gasteiger partial charge in [-0.2, -0.15) is 0 Å². The lowest BCUT2D eigenvalue weighted by Crippen LogP contribution is -2.60. The second-order valence-electron chi connectivity index (χ2n) is 6.64. The molecule has 0 radical (unpaired) electrons. The summed E-state index contributed by atoms with van der Waals surface area (Å²) in [4.78, 5) is 16.6. The van der Waals surface area contributed by atoms with Gasteiger partial charge in [0.15, 0.2) is 15.6 Å². The molecule has 1 aromatic heterocycles. The first kappa shape index (κ1) is 16.4. The van der Waals surface area contributed by atoms with Gasteiger partial charge in [-0.05, 0) is 17.7 Å². The van der Waals surface area contributed by atoms with E-state index >= 15 is 0 Å². The molecule has 2 atom stereocenters. The number of hydrogen-bond acceptors (Lipinski definition) is 5. The van der Waals surface area contributed by atoms with Crippen molar-refractivity contribution in [2.24, 2.45) is 0 Å². The molecule has 0 unspecified atom stereocenters. The van der Waals surface area contributed by atoms with E-state index in [1.54, 1.807) is 17.0 Å². The van der Waals surface area contributed by atoms with Crippen LogP contribution in [0.25, 0.3) is 0 Å². The van der Waals surface area contributed by atoms with Crippen LogP contribution in [0.4, 0.5) is 0 Å². The third-order valence-corrected chi connectivity index (χ3v) is 6.71. The third-order valence-electron chi connectivity index (χ3n) is 5.01. The molecule has 0 spiro atoms. The van der Waals surface area contributed by atoms with Gasteiger partial charge in [0.1, 0.15) is 0 Å². The van der Waals surface area contributed by atoms with Crippen molar-refractivity contribution >= 4 is 15.7 Å². The standard InChI is InChI=1S/C18H20N2O4S/c21-18(17-7-4-10-24-17)20-9-8-19(11-14-5-2-1-3-6-14)15-12-25(22,23)13-16(15)20/h1-7,10,15-16H,8-9,11-13H2/t15-,16+/m1/s1. The van der Waals surface area contributed by atoms with Gasteiger partial charge in [0.2, 0.25) is 0 Å². The Morgan fingerprint density at radius 1 is 1.04 bits per heavy atom. The predicted octanol–water partition coefficient (Wildman–Crippen LogP) is 1.40. The van der Waals surface area contributed by atoms with Gasteiger partial charge >= 0.3 is 0 Å². The Kier molecular flexibility index (Phi) is 4.13. The van der Waals surface area contributed by atoms with E-state index in [0.717, 1.165) is 5.56 Å².